The molecule has 4 nitrogen and oxygen atoms in total. The maximum absolute atomic E-state index is 10.6. The predicted molar refractivity (Wildman–Crippen MR) is 69.1 cm³/mol. The van der Waals surface area contributed by atoms with E-state index in [4.69, 9.17) is 16.3 Å². The zero-order chi connectivity index (χ0) is 13.0. The first-order chi connectivity index (χ1) is 8.74. The maximum atomic E-state index is 10.6. The summed E-state index contributed by atoms with van der Waals surface area (Å²) < 4.78 is 7.61. The summed E-state index contributed by atoms with van der Waals surface area (Å²) in [4.78, 5) is 14.6. The molecule has 1 aromatic heterocycles. The molecule has 2 rings (SSSR count). The van der Waals surface area contributed by atoms with Crippen molar-refractivity contribution in [1.82, 2.24) is 9.55 Å². The summed E-state index contributed by atoms with van der Waals surface area (Å²) in [5.41, 5.74) is 1.51. The summed E-state index contributed by atoms with van der Waals surface area (Å²) in [6.45, 7) is 3.28. The number of ether oxygens (including phenoxy) is 1. The average molecular weight is 265 g/mol. The summed E-state index contributed by atoms with van der Waals surface area (Å²) in [6, 6.07) is 4.95. The molecule has 0 aliphatic rings. The second kappa shape index (κ2) is 5.69. The molecule has 0 radical (unpaired) electrons. The van der Waals surface area contributed by atoms with Crippen molar-refractivity contribution in [2.75, 3.05) is 0 Å². The average Bonchev–Trinajstić information content (AvgIpc) is 2.84. The molecule has 0 N–H and O–H groups in total. The molecule has 0 fully saturated rings. The largest absolute Gasteiger partial charge is 0.486 e. The number of carbonyl (C=O) groups is 1. The minimum atomic E-state index is 0.397. The normalized spacial score (nSPS) is 10.3. The second-order valence-electron chi connectivity index (χ2n) is 3.77. The molecule has 0 saturated heterocycles. The Morgan fingerprint density at radius 1 is 1.50 bits per heavy atom. The van der Waals surface area contributed by atoms with Crippen LogP contribution in [0.4, 0.5) is 0 Å². The highest BCUT2D eigenvalue weighted by Gasteiger charge is 2.05. The molecule has 0 saturated carbocycles. The Labute approximate surface area is 110 Å². The minimum absolute atomic E-state index is 0.397. The first-order valence-electron chi connectivity index (χ1n) is 5.61. The van der Waals surface area contributed by atoms with Crippen LogP contribution in [0, 0.1) is 0 Å². The van der Waals surface area contributed by atoms with Crippen molar-refractivity contribution in [3.05, 3.63) is 47.0 Å². The van der Waals surface area contributed by atoms with Crippen LogP contribution in [-0.4, -0.2) is 15.8 Å². The van der Waals surface area contributed by atoms with E-state index in [1.165, 1.54) is 0 Å². The standard InChI is InChI=1S/C13H13ClN2O2/c1-2-16-9-15-6-11(16)8-18-13-4-3-10(7-17)5-12(13)14/h3-7,9H,2,8H2,1H3. The third-order valence-corrected chi connectivity index (χ3v) is 2.90. The highest BCUT2D eigenvalue weighted by molar-refractivity contribution is 6.32. The zero-order valence-electron chi connectivity index (χ0n) is 9.97. The van der Waals surface area contributed by atoms with E-state index in [0.29, 0.717) is 22.9 Å². The molecular formula is C13H13ClN2O2. The van der Waals surface area contributed by atoms with E-state index in [9.17, 15) is 4.79 Å². The molecule has 0 atom stereocenters. The van der Waals surface area contributed by atoms with Crippen LogP contribution < -0.4 is 4.74 Å². The fraction of sp³-hybridized carbons (Fsp3) is 0.231. The number of imidazole rings is 1. The van der Waals surface area contributed by atoms with Gasteiger partial charge in [0.15, 0.2) is 0 Å². The number of aldehydes is 1. The van der Waals surface area contributed by atoms with Gasteiger partial charge in [-0.2, -0.15) is 0 Å². The van der Waals surface area contributed by atoms with E-state index in [1.54, 1.807) is 30.7 Å². The van der Waals surface area contributed by atoms with Gasteiger partial charge in [-0.25, -0.2) is 4.98 Å². The first-order valence-corrected chi connectivity index (χ1v) is 5.99. The predicted octanol–water partition coefficient (Wildman–Crippen LogP) is 2.95. The summed E-state index contributed by atoms with van der Waals surface area (Å²) in [5.74, 6) is 0.561. The molecule has 0 aliphatic heterocycles. The van der Waals surface area contributed by atoms with E-state index in [-0.39, 0.29) is 0 Å². The number of benzene rings is 1. The van der Waals surface area contributed by atoms with E-state index in [2.05, 4.69) is 4.98 Å². The highest BCUT2D eigenvalue weighted by atomic mass is 35.5. The molecular weight excluding hydrogens is 252 g/mol. The van der Waals surface area contributed by atoms with Gasteiger partial charge in [0.2, 0.25) is 0 Å². The van der Waals surface area contributed by atoms with Crippen LogP contribution in [0.3, 0.4) is 0 Å². The lowest BCUT2D eigenvalue weighted by Gasteiger charge is -2.09. The van der Waals surface area contributed by atoms with Crippen molar-refractivity contribution in [3.8, 4) is 5.75 Å². The summed E-state index contributed by atoms with van der Waals surface area (Å²) in [5, 5.41) is 0.433. The zero-order valence-corrected chi connectivity index (χ0v) is 10.7. The van der Waals surface area contributed by atoms with Gasteiger partial charge in [-0.3, -0.25) is 4.79 Å². The number of carbonyl (C=O) groups excluding carboxylic acids is 1. The van der Waals surface area contributed by atoms with Gasteiger partial charge < -0.3 is 9.30 Å². The topological polar surface area (TPSA) is 44.1 Å². The number of halogens is 1. The lowest BCUT2D eigenvalue weighted by molar-refractivity contribution is 0.112. The van der Waals surface area contributed by atoms with Gasteiger partial charge in [-0.05, 0) is 25.1 Å². The Balaban J connectivity index is 2.08. The van der Waals surface area contributed by atoms with Crippen molar-refractivity contribution in [3.63, 3.8) is 0 Å². The molecule has 0 spiro atoms. The number of aromatic nitrogens is 2. The van der Waals surface area contributed by atoms with Crippen molar-refractivity contribution < 1.29 is 9.53 Å². The minimum Gasteiger partial charge on any atom is -0.486 e. The lowest BCUT2D eigenvalue weighted by Crippen LogP contribution is -2.04. The van der Waals surface area contributed by atoms with Crippen LogP contribution in [0.2, 0.25) is 5.02 Å². The third kappa shape index (κ3) is 2.71. The van der Waals surface area contributed by atoms with Crippen LogP contribution >= 0.6 is 11.6 Å². The fourth-order valence-corrected chi connectivity index (χ4v) is 1.86. The molecule has 94 valence electrons. The Bertz CT molecular complexity index is 552. The third-order valence-electron chi connectivity index (χ3n) is 2.61. The lowest BCUT2D eigenvalue weighted by atomic mass is 10.2. The van der Waals surface area contributed by atoms with E-state index >= 15 is 0 Å². The number of rotatable bonds is 5. The Kier molecular flexibility index (Phi) is 3.99. The summed E-state index contributed by atoms with van der Waals surface area (Å²) in [7, 11) is 0. The number of hydrogen-bond acceptors (Lipinski definition) is 3. The SMILES string of the molecule is CCn1cncc1COc1ccc(C=O)cc1Cl. The molecule has 18 heavy (non-hydrogen) atoms. The van der Waals surface area contributed by atoms with Crippen LogP contribution in [0.5, 0.6) is 5.75 Å². The van der Waals surface area contributed by atoms with E-state index < -0.39 is 0 Å². The van der Waals surface area contributed by atoms with Gasteiger partial charge in [0.05, 0.1) is 23.2 Å². The monoisotopic (exact) mass is 264 g/mol. The van der Waals surface area contributed by atoms with Gasteiger partial charge in [-0.1, -0.05) is 11.6 Å². The fourth-order valence-electron chi connectivity index (χ4n) is 1.61. The second-order valence-corrected chi connectivity index (χ2v) is 4.17. The molecule has 0 aliphatic carbocycles. The summed E-state index contributed by atoms with van der Waals surface area (Å²) >= 11 is 6.02. The van der Waals surface area contributed by atoms with Gasteiger partial charge in [0.25, 0.3) is 0 Å². The van der Waals surface area contributed by atoms with E-state index in [1.807, 2.05) is 11.5 Å². The van der Waals surface area contributed by atoms with Gasteiger partial charge in [0, 0.05) is 12.1 Å². The molecule has 2 aromatic rings. The maximum Gasteiger partial charge on any atom is 0.150 e. The highest BCUT2D eigenvalue weighted by Crippen LogP contribution is 2.25. The van der Waals surface area contributed by atoms with E-state index in [0.717, 1.165) is 18.5 Å². The quantitative estimate of drug-likeness (QED) is 0.780. The molecule has 0 amide bonds. The molecule has 1 heterocycles. The van der Waals surface area contributed by atoms with Gasteiger partial charge in [-0.15, -0.1) is 0 Å². The number of aryl methyl sites for hydroxylation is 1. The van der Waals surface area contributed by atoms with Crippen molar-refractivity contribution in [2.45, 2.75) is 20.1 Å². The number of hydrogen-bond donors (Lipinski definition) is 0. The van der Waals surface area contributed by atoms with Crippen LogP contribution in [0.1, 0.15) is 23.0 Å². The molecule has 5 heteroatoms. The summed E-state index contributed by atoms with van der Waals surface area (Å²) in [6.07, 6.45) is 4.27. The Morgan fingerprint density at radius 3 is 3.00 bits per heavy atom. The number of nitrogens with zero attached hydrogens (tertiary/aromatic N) is 2. The van der Waals surface area contributed by atoms with Crippen molar-refractivity contribution in [2.24, 2.45) is 0 Å². The molecule has 0 bridgehead atoms. The van der Waals surface area contributed by atoms with Crippen LogP contribution in [0.15, 0.2) is 30.7 Å². The van der Waals surface area contributed by atoms with Crippen LogP contribution in [-0.2, 0) is 13.2 Å². The van der Waals surface area contributed by atoms with Crippen molar-refractivity contribution in [1.29, 1.82) is 0 Å². The Hall–Kier alpha value is -1.81. The molecule has 1 aromatic carbocycles. The smallest absolute Gasteiger partial charge is 0.150 e. The Morgan fingerprint density at radius 2 is 2.33 bits per heavy atom. The first kappa shape index (κ1) is 12.6. The van der Waals surface area contributed by atoms with Gasteiger partial charge in [0.1, 0.15) is 18.6 Å². The van der Waals surface area contributed by atoms with Crippen molar-refractivity contribution >= 4 is 17.9 Å². The van der Waals surface area contributed by atoms with Gasteiger partial charge >= 0.3 is 0 Å². The van der Waals surface area contributed by atoms with Crippen LogP contribution in [0.25, 0.3) is 0 Å². The molecule has 0 unspecified atom stereocenters.